The minimum atomic E-state index is -0.419. The lowest BCUT2D eigenvalue weighted by Crippen LogP contribution is -2.02. The molecule has 0 unspecified atom stereocenters. The van der Waals surface area contributed by atoms with E-state index >= 15 is 0 Å². The van der Waals surface area contributed by atoms with E-state index < -0.39 is 4.92 Å². The van der Waals surface area contributed by atoms with Crippen molar-refractivity contribution < 1.29 is 4.92 Å². The zero-order valence-electron chi connectivity index (χ0n) is 16.7. The predicted molar refractivity (Wildman–Crippen MR) is 119 cm³/mol. The van der Waals surface area contributed by atoms with Crippen LogP contribution in [0.3, 0.4) is 0 Å². The average Bonchev–Trinajstić information content (AvgIpc) is 2.70. The lowest BCUT2D eigenvalue weighted by molar-refractivity contribution is -0.384. The Bertz CT molecular complexity index is 1050. The van der Waals surface area contributed by atoms with Crippen LogP contribution in [0.1, 0.15) is 27.8 Å². The maximum absolute atomic E-state index is 10.8. The van der Waals surface area contributed by atoms with Crippen molar-refractivity contribution in [1.82, 2.24) is 0 Å². The molecule has 0 bridgehead atoms. The third-order valence-electron chi connectivity index (χ3n) is 4.60. The average molecular weight is 385 g/mol. The maximum Gasteiger partial charge on any atom is 0.269 e. The van der Waals surface area contributed by atoms with Crippen molar-refractivity contribution in [2.75, 3.05) is 5.43 Å². The van der Waals surface area contributed by atoms with Gasteiger partial charge in [-0.3, -0.25) is 15.5 Å². The Balaban J connectivity index is 1.91. The Labute approximate surface area is 170 Å². The van der Waals surface area contributed by atoms with Crippen molar-refractivity contribution in [3.63, 3.8) is 0 Å². The summed E-state index contributed by atoms with van der Waals surface area (Å²) in [5.41, 5.74) is 10.3. The molecule has 5 nitrogen and oxygen atoms in total. The second kappa shape index (κ2) is 8.97. The van der Waals surface area contributed by atoms with Crippen LogP contribution in [0.5, 0.6) is 0 Å². The molecule has 0 fully saturated rings. The Morgan fingerprint density at radius 1 is 0.966 bits per heavy atom. The van der Waals surface area contributed by atoms with E-state index in [-0.39, 0.29) is 5.69 Å². The largest absolute Gasteiger partial charge is 0.278 e. The fraction of sp³-hybridized carbons (Fsp3) is 0.125. The van der Waals surface area contributed by atoms with Gasteiger partial charge in [0.1, 0.15) is 0 Å². The summed E-state index contributed by atoms with van der Waals surface area (Å²) in [7, 11) is 0. The first-order chi connectivity index (χ1) is 13.9. The SMILES string of the molecule is Cc1cc(C)c(C=CC(=NNc2ccc([N+](=O)[O-])cc2)c2ccccc2)c(C)c1. The summed E-state index contributed by atoms with van der Waals surface area (Å²) < 4.78 is 0. The number of nitro benzene ring substituents is 1. The topological polar surface area (TPSA) is 67.5 Å². The summed E-state index contributed by atoms with van der Waals surface area (Å²) in [6, 6.07) is 20.4. The number of hydrazone groups is 1. The van der Waals surface area contributed by atoms with Gasteiger partial charge < -0.3 is 0 Å². The van der Waals surface area contributed by atoms with Crippen molar-refractivity contribution >= 4 is 23.2 Å². The third-order valence-corrected chi connectivity index (χ3v) is 4.60. The molecule has 0 aromatic heterocycles. The van der Waals surface area contributed by atoms with Crippen LogP contribution in [0.15, 0.2) is 77.9 Å². The van der Waals surface area contributed by atoms with Gasteiger partial charge >= 0.3 is 0 Å². The minimum Gasteiger partial charge on any atom is -0.278 e. The highest BCUT2D eigenvalue weighted by Crippen LogP contribution is 2.19. The number of non-ortho nitro benzene ring substituents is 1. The van der Waals surface area contributed by atoms with Gasteiger partial charge in [0.15, 0.2) is 0 Å². The number of hydrogen-bond donors (Lipinski definition) is 1. The number of nitrogens with zero attached hydrogens (tertiary/aromatic N) is 2. The molecule has 5 heteroatoms. The van der Waals surface area contributed by atoms with Crippen LogP contribution in [0.25, 0.3) is 6.08 Å². The van der Waals surface area contributed by atoms with Gasteiger partial charge in [-0.05, 0) is 55.7 Å². The van der Waals surface area contributed by atoms with Gasteiger partial charge in [-0.15, -0.1) is 0 Å². The van der Waals surface area contributed by atoms with Crippen LogP contribution in [0.2, 0.25) is 0 Å². The number of rotatable bonds is 6. The van der Waals surface area contributed by atoms with E-state index in [4.69, 9.17) is 0 Å². The molecule has 3 rings (SSSR count). The van der Waals surface area contributed by atoms with Gasteiger partial charge in [0.05, 0.1) is 16.3 Å². The van der Waals surface area contributed by atoms with Gasteiger partial charge in [0, 0.05) is 17.7 Å². The number of aryl methyl sites for hydroxylation is 3. The molecule has 0 atom stereocenters. The predicted octanol–water partition coefficient (Wildman–Crippen LogP) is 6.05. The van der Waals surface area contributed by atoms with E-state index in [1.165, 1.54) is 34.4 Å². The number of allylic oxidation sites excluding steroid dienone is 1. The van der Waals surface area contributed by atoms with Crippen molar-refractivity contribution in [3.8, 4) is 0 Å². The molecule has 0 radical (unpaired) electrons. The molecule has 0 saturated heterocycles. The Morgan fingerprint density at radius 2 is 1.59 bits per heavy atom. The van der Waals surface area contributed by atoms with Crippen LogP contribution in [0, 0.1) is 30.9 Å². The smallest absolute Gasteiger partial charge is 0.269 e. The molecule has 3 aromatic rings. The van der Waals surface area contributed by atoms with Crippen molar-refractivity contribution in [2.24, 2.45) is 5.10 Å². The van der Waals surface area contributed by atoms with E-state index in [1.807, 2.05) is 36.4 Å². The molecule has 0 heterocycles. The Morgan fingerprint density at radius 3 is 2.17 bits per heavy atom. The van der Waals surface area contributed by atoms with Gasteiger partial charge in [-0.2, -0.15) is 5.10 Å². The summed E-state index contributed by atoms with van der Waals surface area (Å²) in [6.07, 6.45) is 4.06. The van der Waals surface area contributed by atoms with Gasteiger partial charge in [-0.25, -0.2) is 0 Å². The van der Waals surface area contributed by atoms with E-state index in [0.29, 0.717) is 5.69 Å². The van der Waals surface area contributed by atoms with E-state index in [0.717, 1.165) is 11.3 Å². The van der Waals surface area contributed by atoms with Crippen LogP contribution >= 0.6 is 0 Å². The van der Waals surface area contributed by atoms with Crippen molar-refractivity contribution in [2.45, 2.75) is 20.8 Å². The molecular formula is C24H23N3O2. The van der Waals surface area contributed by atoms with E-state index in [9.17, 15) is 10.1 Å². The standard InChI is InChI=1S/C24H23N3O2/c1-17-15-18(2)23(19(3)16-17)13-14-24(20-7-5-4-6-8-20)26-25-21-9-11-22(12-10-21)27(28)29/h4-16,25H,1-3H3. The quantitative estimate of drug-likeness (QED) is 0.319. The molecular weight excluding hydrogens is 362 g/mol. The van der Waals surface area contributed by atoms with E-state index in [1.54, 1.807) is 12.1 Å². The van der Waals surface area contributed by atoms with Crippen LogP contribution < -0.4 is 5.43 Å². The second-order valence-electron chi connectivity index (χ2n) is 6.92. The zero-order chi connectivity index (χ0) is 20.8. The maximum atomic E-state index is 10.8. The van der Waals surface area contributed by atoms with Crippen molar-refractivity contribution in [1.29, 1.82) is 0 Å². The van der Waals surface area contributed by atoms with Crippen molar-refractivity contribution in [3.05, 3.63) is 111 Å². The van der Waals surface area contributed by atoms with Gasteiger partial charge in [0.2, 0.25) is 0 Å². The normalized spacial score (nSPS) is 11.6. The highest BCUT2D eigenvalue weighted by molar-refractivity contribution is 6.11. The minimum absolute atomic E-state index is 0.0491. The fourth-order valence-corrected chi connectivity index (χ4v) is 3.21. The molecule has 29 heavy (non-hydrogen) atoms. The number of hydrogen-bond acceptors (Lipinski definition) is 4. The molecule has 0 aliphatic carbocycles. The molecule has 146 valence electrons. The van der Waals surface area contributed by atoms with Crippen LogP contribution in [-0.2, 0) is 0 Å². The fourth-order valence-electron chi connectivity index (χ4n) is 3.21. The molecule has 1 N–H and O–H groups in total. The molecule has 0 amide bonds. The summed E-state index contributed by atoms with van der Waals surface area (Å²) in [6.45, 7) is 6.31. The van der Waals surface area contributed by atoms with Gasteiger partial charge in [-0.1, -0.05) is 54.1 Å². The first-order valence-corrected chi connectivity index (χ1v) is 9.33. The lowest BCUT2D eigenvalue weighted by atomic mass is 9.98. The second-order valence-corrected chi connectivity index (χ2v) is 6.92. The first-order valence-electron chi connectivity index (χ1n) is 9.33. The molecule has 0 saturated carbocycles. The lowest BCUT2D eigenvalue weighted by Gasteiger charge is -2.08. The summed E-state index contributed by atoms with van der Waals surface area (Å²) in [5, 5.41) is 15.3. The highest BCUT2D eigenvalue weighted by atomic mass is 16.6. The summed E-state index contributed by atoms with van der Waals surface area (Å²) in [5.74, 6) is 0. The Kier molecular flexibility index (Phi) is 6.19. The van der Waals surface area contributed by atoms with E-state index in [2.05, 4.69) is 49.5 Å². The Hall–Kier alpha value is -3.73. The number of benzene rings is 3. The zero-order valence-corrected chi connectivity index (χ0v) is 16.7. The van der Waals surface area contributed by atoms with Crippen LogP contribution in [-0.4, -0.2) is 10.6 Å². The van der Waals surface area contributed by atoms with Crippen LogP contribution in [0.4, 0.5) is 11.4 Å². The molecule has 0 aliphatic heterocycles. The number of nitro groups is 1. The van der Waals surface area contributed by atoms with Gasteiger partial charge in [0.25, 0.3) is 5.69 Å². The summed E-state index contributed by atoms with van der Waals surface area (Å²) in [4.78, 5) is 10.4. The number of nitrogens with one attached hydrogen (secondary N) is 1. The monoisotopic (exact) mass is 385 g/mol. The molecule has 0 spiro atoms. The first kappa shape index (κ1) is 20.0. The highest BCUT2D eigenvalue weighted by Gasteiger charge is 2.05. The summed E-state index contributed by atoms with van der Waals surface area (Å²) >= 11 is 0. The molecule has 3 aromatic carbocycles. The number of anilines is 1. The third kappa shape index (κ3) is 5.17. The molecule has 0 aliphatic rings.